The standard InChI is InChI=1S/C40H43N5O4S2/c1-43-21-9-22-45(25-24-43)23-10-26-51(48,49)44(2)33-18-16-31(17-19-33)36-28-41-40-39(38(36)32-11-5-3-6-12-32)35-27-30(15-20-37(35)42-40)29-50(46,47)34-13-7-4-8-14-34/h3-8,11-20,27-28H,9-10,21-26,29H2,1-2H3,(H,41,42). The molecule has 11 heteroatoms. The van der Waals surface area contributed by atoms with Crippen molar-refractivity contribution in [1.29, 1.82) is 0 Å². The van der Waals surface area contributed by atoms with Crippen molar-refractivity contribution in [2.75, 3.05) is 56.9 Å². The Labute approximate surface area is 300 Å². The molecule has 0 radical (unpaired) electrons. The minimum atomic E-state index is -3.54. The van der Waals surface area contributed by atoms with Gasteiger partial charge in [-0.15, -0.1) is 0 Å². The van der Waals surface area contributed by atoms with Gasteiger partial charge in [-0.05, 0) is 92.6 Å². The largest absolute Gasteiger partial charge is 0.339 e. The van der Waals surface area contributed by atoms with Crippen LogP contribution in [0.3, 0.4) is 0 Å². The molecule has 51 heavy (non-hydrogen) atoms. The molecular formula is C40H43N5O4S2. The summed E-state index contributed by atoms with van der Waals surface area (Å²) < 4.78 is 54.7. The molecule has 0 unspecified atom stereocenters. The Balaban J connectivity index is 1.19. The number of rotatable bonds is 11. The maximum Gasteiger partial charge on any atom is 0.234 e. The molecule has 1 saturated heterocycles. The first kappa shape index (κ1) is 34.9. The van der Waals surface area contributed by atoms with Crippen molar-refractivity contribution in [3.63, 3.8) is 0 Å². The maximum atomic E-state index is 13.4. The second-order valence-corrected chi connectivity index (χ2v) is 17.5. The highest BCUT2D eigenvalue weighted by Gasteiger charge is 2.22. The number of aromatic amines is 1. The molecule has 0 amide bonds. The highest BCUT2D eigenvalue weighted by molar-refractivity contribution is 7.92. The van der Waals surface area contributed by atoms with Gasteiger partial charge in [-0.2, -0.15) is 0 Å². The molecule has 9 nitrogen and oxygen atoms in total. The lowest BCUT2D eigenvalue weighted by molar-refractivity contribution is 0.277. The minimum absolute atomic E-state index is 0.0888. The molecule has 1 fully saturated rings. The second kappa shape index (κ2) is 14.6. The number of sulfonamides is 1. The van der Waals surface area contributed by atoms with Gasteiger partial charge < -0.3 is 14.8 Å². The molecule has 0 bridgehead atoms. The Morgan fingerprint density at radius 1 is 0.804 bits per heavy atom. The summed E-state index contributed by atoms with van der Waals surface area (Å²) in [5.41, 5.74) is 6.57. The smallest absolute Gasteiger partial charge is 0.234 e. The first-order chi connectivity index (χ1) is 24.6. The molecule has 1 N–H and O–H groups in total. The molecule has 1 aliphatic rings. The van der Waals surface area contributed by atoms with E-state index in [0.29, 0.717) is 28.2 Å². The van der Waals surface area contributed by atoms with E-state index in [9.17, 15) is 16.8 Å². The number of benzene rings is 4. The number of nitrogens with one attached hydrogen (secondary N) is 1. The summed E-state index contributed by atoms with van der Waals surface area (Å²) >= 11 is 0. The molecule has 1 aliphatic heterocycles. The Kier molecular flexibility index (Phi) is 9.98. The highest BCUT2D eigenvalue weighted by atomic mass is 32.2. The summed E-state index contributed by atoms with van der Waals surface area (Å²) in [6.45, 7) is 4.83. The number of H-pyrrole nitrogens is 1. The normalized spacial score (nSPS) is 14.9. The third-order valence-electron chi connectivity index (χ3n) is 9.85. The van der Waals surface area contributed by atoms with Gasteiger partial charge in [-0.25, -0.2) is 21.8 Å². The molecule has 3 heterocycles. The van der Waals surface area contributed by atoms with Crippen molar-refractivity contribution in [3.8, 4) is 22.3 Å². The molecule has 2 aromatic heterocycles. The maximum absolute atomic E-state index is 13.4. The summed E-state index contributed by atoms with van der Waals surface area (Å²) in [6, 6.07) is 31.9. The van der Waals surface area contributed by atoms with E-state index in [-0.39, 0.29) is 11.5 Å². The van der Waals surface area contributed by atoms with Crippen molar-refractivity contribution in [2.24, 2.45) is 0 Å². The van der Waals surface area contributed by atoms with E-state index in [1.54, 1.807) is 37.4 Å². The lowest BCUT2D eigenvalue weighted by Crippen LogP contribution is -2.33. The van der Waals surface area contributed by atoms with Gasteiger partial charge in [0.05, 0.1) is 22.1 Å². The zero-order valence-electron chi connectivity index (χ0n) is 29.0. The van der Waals surface area contributed by atoms with Gasteiger partial charge in [-0.1, -0.05) is 66.7 Å². The highest BCUT2D eigenvalue weighted by Crippen LogP contribution is 2.41. The molecule has 6 aromatic rings. The van der Waals surface area contributed by atoms with Crippen molar-refractivity contribution >= 4 is 47.5 Å². The second-order valence-electron chi connectivity index (χ2n) is 13.4. The molecule has 0 atom stereocenters. The van der Waals surface area contributed by atoms with Crippen LogP contribution in [0.5, 0.6) is 0 Å². The number of fused-ring (bicyclic) bond motifs is 3. The van der Waals surface area contributed by atoms with Gasteiger partial charge in [0, 0.05) is 53.8 Å². The summed E-state index contributed by atoms with van der Waals surface area (Å²) in [6.07, 6.45) is 3.53. The van der Waals surface area contributed by atoms with E-state index in [1.807, 2.05) is 66.9 Å². The average molecular weight is 722 g/mol. The van der Waals surface area contributed by atoms with Crippen LogP contribution < -0.4 is 4.31 Å². The van der Waals surface area contributed by atoms with Crippen LogP contribution in [0.15, 0.2) is 114 Å². The van der Waals surface area contributed by atoms with Crippen molar-refractivity contribution in [2.45, 2.75) is 23.5 Å². The lowest BCUT2D eigenvalue weighted by Gasteiger charge is -2.22. The molecule has 0 aliphatic carbocycles. The van der Waals surface area contributed by atoms with Crippen molar-refractivity contribution < 1.29 is 16.8 Å². The van der Waals surface area contributed by atoms with Crippen LogP contribution >= 0.6 is 0 Å². The van der Waals surface area contributed by atoms with Gasteiger partial charge in [0.2, 0.25) is 10.0 Å². The molecular weight excluding hydrogens is 679 g/mol. The summed E-state index contributed by atoms with van der Waals surface area (Å²) in [7, 11) is -3.30. The zero-order valence-corrected chi connectivity index (χ0v) is 30.6. The zero-order chi connectivity index (χ0) is 35.6. The lowest BCUT2D eigenvalue weighted by atomic mass is 9.92. The Bertz CT molecular complexity index is 2360. The van der Waals surface area contributed by atoms with Crippen LogP contribution in [0.25, 0.3) is 44.2 Å². The van der Waals surface area contributed by atoms with E-state index < -0.39 is 19.9 Å². The van der Waals surface area contributed by atoms with Gasteiger partial charge in [0.25, 0.3) is 0 Å². The summed E-state index contributed by atoms with van der Waals surface area (Å²) in [5, 5.41) is 1.78. The predicted octanol–water partition coefficient (Wildman–Crippen LogP) is 6.82. The summed E-state index contributed by atoms with van der Waals surface area (Å²) in [4.78, 5) is 13.2. The van der Waals surface area contributed by atoms with Crippen molar-refractivity contribution in [1.82, 2.24) is 19.8 Å². The fourth-order valence-electron chi connectivity index (χ4n) is 6.99. The number of hydrogen-bond acceptors (Lipinski definition) is 7. The monoisotopic (exact) mass is 721 g/mol. The van der Waals surface area contributed by atoms with Gasteiger partial charge >= 0.3 is 0 Å². The molecule has 0 spiro atoms. The Hall–Kier alpha value is -4.55. The van der Waals surface area contributed by atoms with E-state index >= 15 is 0 Å². The molecule has 7 rings (SSSR count). The summed E-state index contributed by atoms with van der Waals surface area (Å²) in [5.74, 6) is -0.0350. The molecule has 264 valence electrons. The van der Waals surface area contributed by atoms with Crippen LogP contribution in [0.2, 0.25) is 0 Å². The average Bonchev–Trinajstić information content (AvgIpc) is 3.38. The number of hydrogen-bond donors (Lipinski definition) is 1. The van der Waals surface area contributed by atoms with E-state index in [2.05, 4.69) is 34.0 Å². The number of likely N-dealkylation sites (N-methyl/N-ethyl adjacent to an activating group) is 1. The minimum Gasteiger partial charge on any atom is -0.339 e. The quantitative estimate of drug-likeness (QED) is 0.157. The number of aromatic nitrogens is 2. The van der Waals surface area contributed by atoms with Gasteiger partial charge in [0.15, 0.2) is 9.84 Å². The van der Waals surface area contributed by atoms with Gasteiger partial charge in [-0.3, -0.25) is 4.31 Å². The van der Waals surface area contributed by atoms with Crippen LogP contribution in [0.4, 0.5) is 5.69 Å². The van der Waals surface area contributed by atoms with Crippen molar-refractivity contribution in [3.05, 3.63) is 115 Å². The van der Waals surface area contributed by atoms with E-state index in [0.717, 1.165) is 77.7 Å². The fourth-order valence-corrected chi connectivity index (χ4v) is 9.56. The number of pyridine rings is 1. The predicted molar refractivity (Wildman–Crippen MR) is 207 cm³/mol. The molecule has 4 aromatic carbocycles. The third-order valence-corrected chi connectivity index (χ3v) is 13.4. The first-order valence-corrected chi connectivity index (χ1v) is 20.6. The topological polar surface area (TPSA) is 107 Å². The fraction of sp³-hybridized carbons (Fsp3) is 0.275. The van der Waals surface area contributed by atoms with E-state index in [4.69, 9.17) is 4.98 Å². The molecule has 0 saturated carbocycles. The Morgan fingerprint density at radius 3 is 2.27 bits per heavy atom. The van der Waals surface area contributed by atoms with Crippen LogP contribution in [-0.4, -0.2) is 89.2 Å². The van der Waals surface area contributed by atoms with Crippen LogP contribution in [-0.2, 0) is 25.6 Å². The van der Waals surface area contributed by atoms with E-state index in [1.165, 1.54) is 4.31 Å². The number of sulfone groups is 1. The number of anilines is 1. The number of nitrogens with zero attached hydrogens (tertiary/aromatic N) is 4. The Morgan fingerprint density at radius 2 is 1.53 bits per heavy atom. The van der Waals surface area contributed by atoms with Crippen LogP contribution in [0.1, 0.15) is 18.4 Å². The first-order valence-electron chi connectivity index (χ1n) is 17.3. The van der Waals surface area contributed by atoms with Crippen LogP contribution in [0, 0.1) is 0 Å². The van der Waals surface area contributed by atoms with Gasteiger partial charge in [0.1, 0.15) is 5.65 Å². The SMILES string of the molecule is CN1CCCN(CCCS(=O)(=O)N(C)c2ccc(-c3cnc4[nH]c5ccc(CS(=O)(=O)c6ccccc6)cc5c4c3-c3ccccc3)cc2)CC1. The third kappa shape index (κ3) is 7.57.